The number of halogens is 2. The van der Waals surface area contributed by atoms with E-state index in [0.29, 0.717) is 42.6 Å². The van der Waals surface area contributed by atoms with Gasteiger partial charge in [0.05, 0.1) is 35.8 Å². The maximum Gasteiger partial charge on any atom is 0.308 e. The molecule has 1 amide bonds. The Hall–Kier alpha value is -3.49. The van der Waals surface area contributed by atoms with Crippen molar-refractivity contribution in [2.75, 3.05) is 18.1 Å². The number of esters is 1. The number of pyridine rings is 1. The summed E-state index contributed by atoms with van der Waals surface area (Å²) >= 11 is 0. The molecule has 9 heteroatoms. The number of hydrogen-bond acceptors (Lipinski definition) is 5. The third-order valence-corrected chi connectivity index (χ3v) is 7.28. The van der Waals surface area contributed by atoms with Crippen molar-refractivity contribution in [1.29, 1.82) is 0 Å². The van der Waals surface area contributed by atoms with Gasteiger partial charge >= 0.3 is 5.97 Å². The third-order valence-electron chi connectivity index (χ3n) is 7.28. The number of rotatable bonds is 6. The number of nitrogens with one attached hydrogen (secondary N) is 1. The molecule has 3 unspecified atom stereocenters. The highest BCUT2D eigenvalue weighted by Gasteiger charge is 2.31. The highest BCUT2D eigenvalue weighted by molar-refractivity contribution is 6.01. The zero-order chi connectivity index (χ0) is 25.2. The van der Waals surface area contributed by atoms with Gasteiger partial charge in [-0.3, -0.25) is 9.59 Å². The van der Waals surface area contributed by atoms with Crippen LogP contribution in [0.2, 0.25) is 0 Å². The summed E-state index contributed by atoms with van der Waals surface area (Å²) in [6.45, 7) is 2.84. The average Bonchev–Trinajstić information content (AvgIpc) is 3.53. The summed E-state index contributed by atoms with van der Waals surface area (Å²) in [5.74, 6) is -1.53. The van der Waals surface area contributed by atoms with E-state index in [1.54, 1.807) is 17.6 Å². The molecule has 36 heavy (non-hydrogen) atoms. The molecule has 2 fully saturated rings. The van der Waals surface area contributed by atoms with Gasteiger partial charge in [-0.2, -0.15) is 5.10 Å². The molecular formula is C27H30F2N4O3. The van der Waals surface area contributed by atoms with Crippen molar-refractivity contribution >= 4 is 23.1 Å². The second-order valence-electron chi connectivity index (χ2n) is 9.58. The van der Waals surface area contributed by atoms with Crippen LogP contribution in [0.25, 0.3) is 5.52 Å². The summed E-state index contributed by atoms with van der Waals surface area (Å²) in [6.07, 6.45) is 7.85. The van der Waals surface area contributed by atoms with Gasteiger partial charge < -0.3 is 15.0 Å². The number of fused-ring (bicyclic) bond motifs is 1. The minimum Gasteiger partial charge on any atom is -0.466 e. The number of anilines is 1. The second-order valence-corrected chi connectivity index (χ2v) is 9.58. The molecule has 0 radical (unpaired) electrons. The molecule has 3 aromatic rings. The van der Waals surface area contributed by atoms with Gasteiger partial charge in [-0.25, -0.2) is 13.3 Å². The van der Waals surface area contributed by atoms with Gasteiger partial charge in [0.15, 0.2) is 0 Å². The number of benzene rings is 1. The molecule has 7 nitrogen and oxygen atoms in total. The van der Waals surface area contributed by atoms with E-state index in [2.05, 4.69) is 15.3 Å². The van der Waals surface area contributed by atoms with Crippen LogP contribution in [0.1, 0.15) is 67.4 Å². The van der Waals surface area contributed by atoms with Gasteiger partial charge in [-0.1, -0.05) is 6.42 Å². The largest absolute Gasteiger partial charge is 0.466 e. The number of hydrogen-bond donors (Lipinski definition) is 1. The fourth-order valence-electron chi connectivity index (χ4n) is 5.55. The molecule has 0 bridgehead atoms. The maximum absolute atomic E-state index is 14.5. The van der Waals surface area contributed by atoms with E-state index in [4.69, 9.17) is 4.74 Å². The van der Waals surface area contributed by atoms with E-state index in [0.717, 1.165) is 37.4 Å². The van der Waals surface area contributed by atoms with Crippen molar-refractivity contribution in [3.8, 4) is 0 Å². The Morgan fingerprint density at radius 2 is 2.00 bits per heavy atom. The number of nitrogens with zero attached hydrogens (tertiary/aromatic N) is 3. The molecule has 1 saturated carbocycles. The van der Waals surface area contributed by atoms with Crippen LogP contribution in [0, 0.1) is 17.6 Å². The van der Waals surface area contributed by atoms with E-state index in [9.17, 15) is 18.4 Å². The van der Waals surface area contributed by atoms with Gasteiger partial charge in [0, 0.05) is 30.0 Å². The van der Waals surface area contributed by atoms with Crippen molar-refractivity contribution < 1.29 is 23.1 Å². The highest BCUT2D eigenvalue weighted by Crippen LogP contribution is 2.38. The number of carbonyl (C=O) groups excluding carboxylic acids is 2. The highest BCUT2D eigenvalue weighted by atomic mass is 19.1. The standard InChI is InChI=1S/C27H30F2N4O3/c1-2-36-27(35)17-5-3-6-19(13-17)31-26(34)22-16-30-33-12-10-20(15-25(22)33)32-11-4-7-24(32)21-14-18(28)8-9-23(21)29/h8-10,12,14-17,19,24H,2-7,11,13H2,1H3,(H,31,34). The summed E-state index contributed by atoms with van der Waals surface area (Å²) < 4.78 is 35.2. The molecule has 1 aliphatic heterocycles. The molecule has 3 heterocycles. The van der Waals surface area contributed by atoms with E-state index < -0.39 is 11.6 Å². The predicted octanol–water partition coefficient (Wildman–Crippen LogP) is 4.81. The summed E-state index contributed by atoms with van der Waals surface area (Å²) in [5.41, 5.74) is 2.23. The van der Waals surface area contributed by atoms with Gasteiger partial charge in [-0.05, 0) is 69.4 Å². The van der Waals surface area contributed by atoms with E-state index >= 15 is 0 Å². The Kier molecular flexibility index (Phi) is 6.89. The molecule has 2 aliphatic rings. The number of ether oxygens (including phenoxy) is 1. The SMILES string of the molecule is CCOC(=O)C1CCCC(NC(=O)c2cnn3ccc(N4CCCC4c4cc(F)ccc4F)cc23)C1. The van der Waals surface area contributed by atoms with Crippen molar-refractivity contribution in [1.82, 2.24) is 14.9 Å². The molecule has 1 saturated heterocycles. The first kappa shape index (κ1) is 24.2. The van der Waals surface area contributed by atoms with Crippen molar-refractivity contribution in [2.45, 2.75) is 57.5 Å². The number of aromatic nitrogens is 2. The summed E-state index contributed by atoms with van der Waals surface area (Å²) in [4.78, 5) is 27.4. The van der Waals surface area contributed by atoms with Crippen LogP contribution in [0.4, 0.5) is 14.5 Å². The second kappa shape index (κ2) is 10.2. The Labute approximate surface area is 208 Å². The van der Waals surface area contributed by atoms with Crippen LogP contribution in [0.3, 0.4) is 0 Å². The first-order chi connectivity index (χ1) is 17.4. The van der Waals surface area contributed by atoms with Crippen LogP contribution in [-0.2, 0) is 9.53 Å². The molecule has 1 N–H and O–H groups in total. The minimum atomic E-state index is -0.462. The van der Waals surface area contributed by atoms with Gasteiger partial charge in [0.2, 0.25) is 0 Å². The van der Waals surface area contributed by atoms with Crippen LogP contribution in [0.5, 0.6) is 0 Å². The Balaban J connectivity index is 1.36. The predicted molar refractivity (Wildman–Crippen MR) is 131 cm³/mol. The fourth-order valence-corrected chi connectivity index (χ4v) is 5.55. The first-order valence-electron chi connectivity index (χ1n) is 12.6. The normalized spacial score (nSPS) is 22.1. The summed E-state index contributed by atoms with van der Waals surface area (Å²) in [5, 5.41) is 7.40. The lowest BCUT2D eigenvalue weighted by atomic mass is 9.85. The van der Waals surface area contributed by atoms with E-state index in [-0.39, 0.29) is 29.9 Å². The van der Waals surface area contributed by atoms with Gasteiger partial charge in [-0.15, -0.1) is 0 Å². The molecule has 0 spiro atoms. The number of carbonyl (C=O) groups is 2. The molecule has 3 atom stereocenters. The fraction of sp³-hybridized carbons (Fsp3) is 0.444. The lowest BCUT2D eigenvalue weighted by molar-refractivity contribution is -0.149. The Morgan fingerprint density at radius 1 is 1.14 bits per heavy atom. The lowest BCUT2D eigenvalue weighted by Gasteiger charge is -2.28. The molecule has 190 valence electrons. The molecular weight excluding hydrogens is 466 g/mol. The first-order valence-corrected chi connectivity index (χ1v) is 12.6. The topological polar surface area (TPSA) is 75.9 Å². The van der Waals surface area contributed by atoms with Gasteiger partial charge in [0.1, 0.15) is 11.6 Å². The van der Waals surface area contributed by atoms with Crippen molar-refractivity contribution in [2.24, 2.45) is 5.92 Å². The van der Waals surface area contributed by atoms with Crippen LogP contribution in [0.15, 0.2) is 42.7 Å². The Morgan fingerprint density at radius 3 is 2.83 bits per heavy atom. The van der Waals surface area contributed by atoms with Gasteiger partial charge in [0.25, 0.3) is 5.91 Å². The molecule has 2 aromatic heterocycles. The Bertz CT molecular complexity index is 1280. The molecule has 1 aromatic carbocycles. The average molecular weight is 497 g/mol. The molecule has 5 rings (SSSR count). The minimum absolute atomic E-state index is 0.113. The zero-order valence-electron chi connectivity index (χ0n) is 20.3. The maximum atomic E-state index is 14.5. The summed E-state index contributed by atoms with van der Waals surface area (Å²) in [7, 11) is 0. The smallest absolute Gasteiger partial charge is 0.308 e. The molecule has 1 aliphatic carbocycles. The van der Waals surface area contributed by atoms with Crippen LogP contribution in [-0.4, -0.2) is 40.7 Å². The van der Waals surface area contributed by atoms with Crippen LogP contribution >= 0.6 is 0 Å². The van der Waals surface area contributed by atoms with Crippen molar-refractivity contribution in [3.63, 3.8) is 0 Å². The van der Waals surface area contributed by atoms with Crippen LogP contribution < -0.4 is 10.2 Å². The third kappa shape index (κ3) is 4.79. The van der Waals surface area contributed by atoms with Crippen molar-refractivity contribution in [3.05, 3.63) is 65.5 Å². The quantitative estimate of drug-likeness (QED) is 0.496. The summed E-state index contributed by atoms with van der Waals surface area (Å²) in [6, 6.07) is 6.91. The van der Waals surface area contributed by atoms with E-state index in [1.807, 2.05) is 12.1 Å². The lowest BCUT2D eigenvalue weighted by Crippen LogP contribution is -2.40. The number of amides is 1. The monoisotopic (exact) mass is 496 g/mol. The zero-order valence-corrected chi connectivity index (χ0v) is 20.3. The van der Waals surface area contributed by atoms with E-state index in [1.165, 1.54) is 18.3 Å².